The zero-order valence-corrected chi connectivity index (χ0v) is 11.8. The molecule has 2 aromatic rings. The zero-order valence-electron chi connectivity index (χ0n) is 11.0. The molecule has 7 nitrogen and oxygen atoms in total. The largest absolute Gasteiger partial charge is 0.321 e. The van der Waals surface area contributed by atoms with Crippen LogP contribution in [0.15, 0.2) is 35.4 Å². The van der Waals surface area contributed by atoms with Crippen molar-refractivity contribution >= 4 is 21.6 Å². The van der Waals surface area contributed by atoms with Crippen LogP contribution in [0.5, 0.6) is 0 Å². The summed E-state index contributed by atoms with van der Waals surface area (Å²) in [4.78, 5) is 12.0. The van der Waals surface area contributed by atoms with E-state index in [1.165, 1.54) is 22.9 Å². The van der Waals surface area contributed by atoms with Gasteiger partial charge < -0.3 is 5.32 Å². The van der Waals surface area contributed by atoms with Crippen molar-refractivity contribution in [1.29, 1.82) is 0 Å². The number of nitrogens with two attached hydrogens (primary N) is 1. The maximum atomic E-state index is 12.1. The van der Waals surface area contributed by atoms with Gasteiger partial charge in [-0.15, -0.1) is 0 Å². The number of para-hydroxylation sites is 1. The standard InChI is InChI=1S/C12H14N4O3S/c1-8-9(7-16(2)15-8)12(17)14-10-5-3-4-6-11(10)20(13,18)19/h3-7H,1-2H3,(H,14,17)(H2,13,18,19). The number of hydrogen-bond acceptors (Lipinski definition) is 4. The summed E-state index contributed by atoms with van der Waals surface area (Å²) in [6.07, 6.45) is 1.56. The Balaban J connectivity index is 2.36. The van der Waals surface area contributed by atoms with E-state index < -0.39 is 15.9 Å². The number of rotatable bonds is 3. The normalized spacial score (nSPS) is 11.3. The van der Waals surface area contributed by atoms with Crippen LogP contribution in [0, 0.1) is 6.92 Å². The number of anilines is 1. The fourth-order valence-corrected chi connectivity index (χ4v) is 2.52. The van der Waals surface area contributed by atoms with E-state index in [4.69, 9.17) is 5.14 Å². The molecular formula is C12H14N4O3S. The predicted octanol–water partition coefficient (Wildman–Crippen LogP) is 0.628. The number of primary sulfonamides is 1. The van der Waals surface area contributed by atoms with Crippen molar-refractivity contribution < 1.29 is 13.2 Å². The predicted molar refractivity (Wildman–Crippen MR) is 73.7 cm³/mol. The highest BCUT2D eigenvalue weighted by molar-refractivity contribution is 7.89. The van der Waals surface area contributed by atoms with Gasteiger partial charge in [-0.3, -0.25) is 9.48 Å². The van der Waals surface area contributed by atoms with Crippen LogP contribution >= 0.6 is 0 Å². The van der Waals surface area contributed by atoms with Crippen molar-refractivity contribution in [1.82, 2.24) is 9.78 Å². The number of sulfonamides is 1. The maximum absolute atomic E-state index is 12.1. The molecule has 1 amide bonds. The van der Waals surface area contributed by atoms with Crippen LogP contribution in [0.3, 0.4) is 0 Å². The SMILES string of the molecule is Cc1nn(C)cc1C(=O)Nc1ccccc1S(N)(=O)=O. The Morgan fingerprint density at radius 3 is 2.55 bits per heavy atom. The lowest BCUT2D eigenvalue weighted by atomic mass is 10.2. The number of nitrogens with zero attached hydrogens (tertiary/aromatic N) is 2. The second kappa shape index (κ2) is 5.06. The Bertz CT molecular complexity index is 765. The van der Waals surface area contributed by atoms with E-state index in [9.17, 15) is 13.2 Å². The topological polar surface area (TPSA) is 107 Å². The number of aromatic nitrogens is 2. The molecule has 0 unspecified atom stereocenters. The van der Waals surface area contributed by atoms with Gasteiger partial charge in [-0.2, -0.15) is 5.10 Å². The molecule has 0 radical (unpaired) electrons. The van der Waals surface area contributed by atoms with E-state index in [0.29, 0.717) is 11.3 Å². The van der Waals surface area contributed by atoms with Crippen LogP contribution in [0.2, 0.25) is 0 Å². The summed E-state index contributed by atoms with van der Waals surface area (Å²) >= 11 is 0. The molecule has 1 heterocycles. The van der Waals surface area contributed by atoms with Gasteiger partial charge in [-0.05, 0) is 19.1 Å². The molecule has 0 saturated carbocycles. The minimum atomic E-state index is -3.90. The first kappa shape index (κ1) is 14.2. The minimum absolute atomic E-state index is 0.130. The first-order valence-corrected chi connectivity index (χ1v) is 7.27. The lowest BCUT2D eigenvalue weighted by molar-refractivity contribution is 0.102. The van der Waals surface area contributed by atoms with Gasteiger partial charge in [0.05, 0.1) is 16.9 Å². The highest BCUT2D eigenvalue weighted by Crippen LogP contribution is 2.20. The number of aryl methyl sites for hydroxylation is 2. The first-order valence-electron chi connectivity index (χ1n) is 5.72. The molecule has 0 atom stereocenters. The number of hydrogen-bond donors (Lipinski definition) is 2. The molecule has 0 aliphatic heterocycles. The van der Waals surface area contributed by atoms with Crippen molar-refractivity contribution in [2.24, 2.45) is 12.2 Å². The van der Waals surface area contributed by atoms with E-state index >= 15 is 0 Å². The molecule has 1 aromatic carbocycles. The summed E-state index contributed by atoms with van der Waals surface area (Å²) < 4.78 is 24.4. The van der Waals surface area contributed by atoms with E-state index in [1.54, 1.807) is 26.2 Å². The van der Waals surface area contributed by atoms with Crippen molar-refractivity contribution in [2.75, 3.05) is 5.32 Å². The highest BCUT2D eigenvalue weighted by atomic mass is 32.2. The van der Waals surface area contributed by atoms with Gasteiger partial charge in [0.15, 0.2) is 0 Å². The third-order valence-electron chi connectivity index (χ3n) is 2.70. The average molecular weight is 294 g/mol. The smallest absolute Gasteiger partial charge is 0.259 e. The summed E-state index contributed by atoms with van der Waals surface area (Å²) in [6, 6.07) is 5.95. The van der Waals surface area contributed by atoms with Gasteiger partial charge in [-0.1, -0.05) is 12.1 Å². The summed E-state index contributed by atoms with van der Waals surface area (Å²) in [7, 11) is -2.21. The number of benzene rings is 1. The Kier molecular flexibility index (Phi) is 3.60. The van der Waals surface area contributed by atoms with Gasteiger partial charge in [0.2, 0.25) is 10.0 Å². The molecule has 0 bridgehead atoms. The molecule has 8 heteroatoms. The van der Waals surface area contributed by atoms with Gasteiger partial charge >= 0.3 is 0 Å². The third-order valence-corrected chi connectivity index (χ3v) is 3.67. The highest BCUT2D eigenvalue weighted by Gasteiger charge is 2.18. The van der Waals surface area contributed by atoms with Crippen molar-refractivity contribution in [2.45, 2.75) is 11.8 Å². The molecule has 0 saturated heterocycles. The molecule has 3 N–H and O–H groups in total. The molecule has 0 aliphatic rings. The van der Waals surface area contributed by atoms with E-state index in [1.807, 2.05) is 0 Å². The van der Waals surface area contributed by atoms with Crippen LogP contribution in [-0.2, 0) is 17.1 Å². The van der Waals surface area contributed by atoms with Crippen LogP contribution in [0.25, 0.3) is 0 Å². The quantitative estimate of drug-likeness (QED) is 0.865. The monoisotopic (exact) mass is 294 g/mol. The van der Waals surface area contributed by atoms with Crippen molar-refractivity contribution in [3.05, 3.63) is 41.7 Å². The van der Waals surface area contributed by atoms with Gasteiger partial charge in [0.1, 0.15) is 4.90 Å². The molecular weight excluding hydrogens is 280 g/mol. The second-order valence-electron chi connectivity index (χ2n) is 4.30. The zero-order chi connectivity index (χ0) is 14.9. The number of amides is 1. The fraction of sp³-hybridized carbons (Fsp3) is 0.167. The molecule has 0 spiro atoms. The molecule has 1 aromatic heterocycles. The van der Waals surface area contributed by atoms with Crippen LogP contribution < -0.4 is 10.5 Å². The van der Waals surface area contributed by atoms with E-state index in [-0.39, 0.29) is 10.6 Å². The Morgan fingerprint density at radius 1 is 1.35 bits per heavy atom. The summed E-state index contributed by atoms with van der Waals surface area (Å²) in [5.41, 5.74) is 1.07. The van der Waals surface area contributed by atoms with Crippen LogP contribution in [-0.4, -0.2) is 24.1 Å². The summed E-state index contributed by atoms with van der Waals surface area (Å²) in [5.74, 6) is -0.438. The lowest BCUT2D eigenvalue weighted by Crippen LogP contribution is -2.18. The van der Waals surface area contributed by atoms with Gasteiger partial charge in [0, 0.05) is 13.2 Å². The molecule has 0 fully saturated rings. The number of nitrogens with one attached hydrogen (secondary N) is 1. The van der Waals surface area contributed by atoms with Gasteiger partial charge in [0.25, 0.3) is 5.91 Å². The number of carbonyl (C=O) groups excluding carboxylic acids is 1. The fourth-order valence-electron chi connectivity index (χ4n) is 1.83. The third kappa shape index (κ3) is 2.86. The van der Waals surface area contributed by atoms with Crippen LogP contribution in [0.4, 0.5) is 5.69 Å². The van der Waals surface area contributed by atoms with Crippen molar-refractivity contribution in [3.63, 3.8) is 0 Å². The first-order chi connectivity index (χ1) is 9.29. The Labute approximate surface area is 116 Å². The molecule has 20 heavy (non-hydrogen) atoms. The molecule has 106 valence electrons. The summed E-state index contributed by atoms with van der Waals surface area (Å²) in [6.45, 7) is 1.69. The van der Waals surface area contributed by atoms with E-state index in [0.717, 1.165) is 0 Å². The van der Waals surface area contributed by atoms with Crippen LogP contribution in [0.1, 0.15) is 16.1 Å². The lowest BCUT2D eigenvalue weighted by Gasteiger charge is -2.08. The maximum Gasteiger partial charge on any atom is 0.259 e. The summed E-state index contributed by atoms with van der Waals surface area (Å²) in [5, 5.41) is 11.7. The molecule has 2 rings (SSSR count). The minimum Gasteiger partial charge on any atom is -0.321 e. The van der Waals surface area contributed by atoms with Crippen molar-refractivity contribution in [3.8, 4) is 0 Å². The number of carbonyl (C=O) groups is 1. The molecule has 0 aliphatic carbocycles. The average Bonchev–Trinajstić information content (AvgIpc) is 2.68. The van der Waals surface area contributed by atoms with Gasteiger partial charge in [-0.25, -0.2) is 13.6 Å². The Hall–Kier alpha value is -2.19. The Morgan fingerprint density at radius 2 is 2.00 bits per heavy atom. The second-order valence-corrected chi connectivity index (χ2v) is 5.83. The van der Waals surface area contributed by atoms with E-state index in [2.05, 4.69) is 10.4 Å².